The van der Waals surface area contributed by atoms with E-state index >= 15 is 0 Å². The maximum absolute atomic E-state index is 5.37. The molecule has 0 atom stereocenters. The van der Waals surface area contributed by atoms with Gasteiger partial charge < -0.3 is 9.13 Å². The topological polar surface area (TPSA) is 48.5 Å². The fraction of sp³-hybridized carbons (Fsp3) is 0. The van der Waals surface area contributed by atoms with E-state index in [1.165, 1.54) is 52.8 Å². The minimum absolute atomic E-state index is 0.614. The molecule has 0 fully saturated rings. The summed E-state index contributed by atoms with van der Waals surface area (Å²) in [5.41, 5.74) is 11.7. The second-order valence-corrected chi connectivity index (χ2v) is 17.1. The molecule has 0 amide bonds. The van der Waals surface area contributed by atoms with Crippen LogP contribution in [-0.2, 0) is 0 Å². The van der Waals surface area contributed by atoms with Crippen LogP contribution in [0.25, 0.3) is 120 Å². The monoisotopic (exact) mass is 821 g/mol. The predicted octanol–water partition coefficient (Wildman–Crippen LogP) is 15.1. The lowest BCUT2D eigenvalue weighted by Gasteiger charge is -2.16. The van der Waals surface area contributed by atoms with Crippen molar-refractivity contribution in [1.29, 1.82) is 0 Å². The maximum Gasteiger partial charge on any atom is 0.164 e. The Morgan fingerprint density at radius 2 is 0.873 bits per heavy atom. The first-order valence-corrected chi connectivity index (χ1v) is 22.0. The van der Waals surface area contributed by atoms with Crippen LogP contribution in [0.15, 0.2) is 212 Å². The molecule has 0 saturated heterocycles. The number of nitrogens with zero attached hydrogens (tertiary/aromatic N) is 5. The Balaban J connectivity index is 1.06. The summed E-state index contributed by atoms with van der Waals surface area (Å²) in [5, 5.41) is 7.36. The van der Waals surface area contributed by atoms with Gasteiger partial charge in [-0.3, -0.25) is 0 Å². The van der Waals surface area contributed by atoms with Gasteiger partial charge in [0.05, 0.1) is 27.8 Å². The standard InChI is InChI=1S/C57H35N5S/c1-3-16-36(17-4-1)40-33-31-39(61-49-26-13-9-23-45(49)54-50(61)27-15-28-51(54)62-47-24-11-7-20-41(47)42-21-8-12-25-48(42)62)35-46(40)57-59-55(37-18-5-2-6-19-37)58-56(60-57)38-30-32-44-43-22-10-14-29-52(43)63-53(44)34-38/h1-35H. The predicted molar refractivity (Wildman–Crippen MR) is 263 cm³/mol. The second-order valence-electron chi connectivity index (χ2n) is 16.0. The number of fused-ring (bicyclic) bond motifs is 9. The van der Waals surface area contributed by atoms with Crippen LogP contribution in [0.1, 0.15) is 0 Å². The van der Waals surface area contributed by atoms with E-state index in [-0.39, 0.29) is 0 Å². The van der Waals surface area contributed by atoms with Crippen molar-refractivity contribution in [2.45, 2.75) is 0 Å². The average molecular weight is 822 g/mol. The largest absolute Gasteiger partial charge is 0.309 e. The number of aromatic nitrogens is 5. The van der Waals surface area contributed by atoms with Gasteiger partial charge in [-0.1, -0.05) is 158 Å². The van der Waals surface area contributed by atoms with Gasteiger partial charge in [-0.05, 0) is 65.7 Å². The van der Waals surface area contributed by atoms with Gasteiger partial charge in [0.15, 0.2) is 17.5 Å². The van der Waals surface area contributed by atoms with Crippen molar-refractivity contribution in [2.75, 3.05) is 0 Å². The molecule has 4 heterocycles. The zero-order valence-electron chi connectivity index (χ0n) is 33.9. The van der Waals surface area contributed by atoms with Gasteiger partial charge in [0.2, 0.25) is 0 Å². The maximum atomic E-state index is 5.37. The molecule has 9 aromatic carbocycles. The molecule has 0 bridgehead atoms. The SMILES string of the molecule is c1ccc(-c2nc(-c3ccc4c(c3)sc3ccccc34)nc(-c3cc(-n4c5ccccc5c5c(-n6c7ccccc7c7ccccc76)cccc54)ccc3-c3ccccc3)n2)cc1. The third-order valence-corrected chi connectivity index (χ3v) is 13.5. The Labute approximate surface area is 366 Å². The van der Waals surface area contributed by atoms with E-state index in [1.807, 2.05) is 18.2 Å². The van der Waals surface area contributed by atoms with Gasteiger partial charge in [-0.25, -0.2) is 15.0 Å². The molecule has 0 aliphatic carbocycles. The van der Waals surface area contributed by atoms with Gasteiger partial charge in [-0.2, -0.15) is 0 Å². The highest BCUT2D eigenvalue weighted by Gasteiger charge is 2.22. The Kier molecular flexibility index (Phi) is 8.01. The van der Waals surface area contributed by atoms with E-state index in [1.54, 1.807) is 11.3 Å². The zero-order valence-corrected chi connectivity index (χ0v) is 34.7. The van der Waals surface area contributed by atoms with E-state index in [0.717, 1.165) is 50.2 Å². The summed E-state index contributed by atoms with van der Waals surface area (Å²) in [6, 6.07) is 75.6. The first-order valence-electron chi connectivity index (χ1n) is 21.2. The smallest absolute Gasteiger partial charge is 0.164 e. The van der Waals surface area contributed by atoms with Crippen LogP contribution >= 0.6 is 11.3 Å². The quantitative estimate of drug-likeness (QED) is 0.168. The average Bonchev–Trinajstić information content (AvgIpc) is 4.02. The summed E-state index contributed by atoms with van der Waals surface area (Å²) >= 11 is 1.80. The van der Waals surface area contributed by atoms with Crippen molar-refractivity contribution in [3.63, 3.8) is 0 Å². The lowest BCUT2D eigenvalue weighted by Crippen LogP contribution is -2.02. The van der Waals surface area contributed by atoms with E-state index in [2.05, 4.69) is 203 Å². The van der Waals surface area contributed by atoms with E-state index in [0.29, 0.717) is 17.5 Å². The number of hydrogen-bond donors (Lipinski definition) is 0. The molecule has 63 heavy (non-hydrogen) atoms. The summed E-state index contributed by atoms with van der Waals surface area (Å²) in [7, 11) is 0. The molecular weight excluding hydrogens is 787 g/mol. The molecule has 5 nitrogen and oxygen atoms in total. The Morgan fingerprint density at radius 3 is 1.60 bits per heavy atom. The minimum Gasteiger partial charge on any atom is -0.309 e. The summed E-state index contributed by atoms with van der Waals surface area (Å²) in [5.74, 6) is 1.88. The van der Waals surface area contributed by atoms with Gasteiger partial charge in [0, 0.05) is 64.1 Å². The molecule has 6 heteroatoms. The molecule has 294 valence electrons. The lowest BCUT2D eigenvalue weighted by atomic mass is 9.98. The number of rotatable bonds is 6. The third-order valence-electron chi connectivity index (χ3n) is 12.4. The molecule has 13 aromatic rings. The van der Waals surface area contributed by atoms with E-state index in [4.69, 9.17) is 15.0 Å². The van der Waals surface area contributed by atoms with Crippen molar-refractivity contribution in [1.82, 2.24) is 24.1 Å². The second kappa shape index (κ2) is 14.2. The summed E-state index contributed by atoms with van der Waals surface area (Å²) in [6.07, 6.45) is 0. The molecule has 0 saturated carbocycles. The fourth-order valence-electron chi connectivity index (χ4n) is 9.58. The number of para-hydroxylation sites is 3. The van der Waals surface area contributed by atoms with Crippen LogP contribution in [0.2, 0.25) is 0 Å². The van der Waals surface area contributed by atoms with Crippen LogP contribution in [0.3, 0.4) is 0 Å². The molecule has 0 unspecified atom stereocenters. The van der Waals surface area contributed by atoms with Gasteiger partial charge in [-0.15, -0.1) is 11.3 Å². The minimum atomic E-state index is 0.614. The number of benzene rings is 9. The Morgan fingerprint density at radius 1 is 0.317 bits per heavy atom. The highest BCUT2D eigenvalue weighted by molar-refractivity contribution is 7.25. The first kappa shape index (κ1) is 35.6. The van der Waals surface area contributed by atoms with E-state index < -0.39 is 0 Å². The molecule has 0 aliphatic rings. The number of hydrogen-bond acceptors (Lipinski definition) is 4. The molecule has 0 aliphatic heterocycles. The first-order chi connectivity index (χ1) is 31.2. The fourth-order valence-corrected chi connectivity index (χ4v) is 10.7. The molecule has 0 spiro atoms. The zero-order chi connectivity index (χ0) is 41.4. The number of thiophene rings is 1. The molecule has 13 rings (SSSR count). The van der Waals surface area contributed by atoms with Gasteiger partial charge in [0.25, 0.3) is 0 Å². The highest BCUT2D eigenvalue weighted by atomic mass is 32.1. The van der Waals surface area contributed by atoms with Crippen LogP contribution in [0, 0.1) is 0 Å². The molecule has 4 aromatic heterocycles. The van der Waals surface area contributed by atoms with Gasteiger partial charge >= 0.3 is 0 Å². The summed E-state index contributed by atoms with van der Waals surface area (Å²) < 4.78 is 7.30. The van der Waals surface area contributed by atoms with E-state index in [9.17, 15) is 0 Å². The normalized spacial score (nSPS) is 11.8. The van der Waals surface area contributed by atoms with Crippen LogP contribution < -0.4 is 0 Å². The Hall–Kier alpha value is -8.19. The van der Waals surface area contributed by atoms with Crippen molar-refractivity contribution < 1.29 is 0 Å². The molecular formula is C57H35N5S. The van der Waals surface area contributed by atoms with Gasteiger partial charge in [0.1, 0.15) is 0 Å². The summed E-state index contributed by atoms with van der Waals surface area (Å²) in [6.45, 7) is 0. The highest BCUT2D eigenvalue weighted by Crippen LogP contribution is 2.42. The molecule has 0 radical (unpaired) electrons. The van der Waals surface area contributed by atoms with Crippen molar-refractivity contribution in [3.8, 4) is 56.7 Å². The van der Waals surface area contributed by atoms with Crippen LogP contribution in [-0.4, -0.2) is 24.1 Å². The molecule has 0 N–H and O–H groups in total. The third kappa shape index (κ3) is 5.66. The summed E-state index contributed by atoms with van der Waals surface area (Å²) in [4.78, 5) is 15.8. The van der Waals surface area contributed by atoms with Crippen molar-refractivity contribution in [3.05, 3.63) is 212 Å². The Bertz CT molecular complexity index is 3860. The lowest BCUT2D eigenvalue weighted by molar-refractivity contribution is 1.07. The van der Waals surface area contributed by atoms with Crippen molar-refractivity contribution in [2.24, 2.45) is 0 Å². The van der Waals surface area contributed by atoms with Crippen LogP contribution in [0.5, 0.6) is 0 Å². The van der Waals surface area contributed by atoms with Crippen molar-refractivity contribution >= 4 is 75.1 Å². The van der Waals surface area contributed by atoms with Crippen LogP contribution in [0.4, 0.5) is 0 Å².